The van der Waals surface area contributed by atoms with Crippen LogP contribution >= 0.6 is 0 Å². The van der Waals surface area contributed by atoms with Crippen LogP contribution in [0.1, 0.15) is 37.6 Å². The third-order valence-corrected chi connectivity index (χ3v) is 4.03. The fourth-order valence-electron chi connectivity index (χ4n) is 2.43. The molecule has 0 aliphatic rings. The molecule has 1 atom stereocenters. The maximum atomic E-state index is 12.3. The Bertz CT molecular complexity index is 856. The van der Waals surface area contributed by atoms with E-state index in [1.165, 1.54) is 0 Å². The lowest BCUT2D eigenvalue weighted by atomic mass is 10.1. The summed E-state index contributed by atoms with van der Waals surface area (Å²) >= 11 is 0. The van der Waals surface area contributed by atoms with Gasteiger partial charge in [-0.25, -0.2) is 4.98 Å². The summed E-state index contributed by atoms with van der Waals surface area (Å²) in [6.45, 7) is 4.58. The first kappa shape index (κ1) is 15.3. The summed E-state index contributed by atoms with van der Waals surface area (Å²) in [5.41, 5.74) is 1.59. The highest BCUT2D eigenvalue weighted by Gasteiger charge is 2.12. The summed E-state index contributed by atoms with van der Waals surface area (Å²) in [5, 5.41) is 0.558. The number of hydrogen-bond acceptors (Lipinski definition) is 3. The van der Waals surface area contributed by atoms with Gasteiger partial charge in [-0.05, 0) is 24.1 Å². The Labute approximate surface area is 135 Å². The molecule has 0 bridgehead atoms. The van der Waals surface area contributed by atoms with Crippen molar-refractivity contribution in [3.05, 3.63) is 70.3 Å². The highest BCUT2D eigenvalue weighted by Crippen LogP contribution is 2.24. The summed E-state index contributed by atoms with van der Waals surface area (Å²) in [7, 11) is 0. The van der Waals surface area contributed by atoms with Crippen molar-refractivity contribution >= 4 is 10.9 Å². The van der Waals surface area contributed by atoms with E-state index in [1.54, 1.807) is 6.07 Å². The molecule has 0 fully saturated rings. The predicted octanol–water partition coefficient (Wildman–Crippen LogP) is 4.02. The second-order valence-corrected chi connectivity index (χ2v) is 5.69. The van der Waals surface area contributed by atoms with Crippen LogP contribution in [0.3, 0.4) is 0 Å². The minimum atomic E-state index is -0.115. The van der Waals surface area contributed by atoms with E-state index >= 15 is 0 Å². The molecule has 1 N–H and O–H groups in total. The molecule has 23 heavy (non-hydrogen) atoms. The molecule has 4 heteroatoms. The fraction of sp³-hybridized carbons (Fsp3) is 0.263. The number of rotatable bonds is 5. The molecule has 0 aliphatic carbocycles. The Balaban J connectivity index is 1.99. The molecule has 118 valence electrons. The minimum Gasteiger partial charge on any atom is -0.487 e. The molecule has 0 amide bonds. The van der Waals surface area contributed by atoms with E-state index < -0.39 is 0 Å². The van der Waals surface area contributed by atoms with Gasteiger partial charge in [-0.2, -0.15) is 0 Å². The van der Waals surface area contributed by atoms with Crippen molar-refractivity contribution in [1.82, 2.24) is 9.97 Å². The van der Waals surface area contributed by atoms with Gasteiger partial charge in [-0.3, -0.25) is 4.79 Å². The van der Waals surface area contributed by atoms with Crippen molar-refractivity contribution < 1.29 is 4.74 Å². The van der Waals surface area contributed by atoms with Crippen LogP contribution in [-0.4, -0.2) is 9.97 Å². The van der Waals surface area contributed by atoms with E-state index in [0.29, 0.717) is 29.1 Å². The number of nitrogens with zero attached hydrogens (tertiary/aromatic N) is 1. The summed E-state index contributed by atoms with van der Waals surface area (Å²) in [4.78, 5) is 19.8. The minimum absolute atomic E-state index is 0.115. The molecule has 3 rings (SSSR count). The highest BCUT2D eigenvalue weighted by atomic mass is 16.5. The van der Waals surface area contributed by atoms with Crippen molar-refractivity contribution in [2.75, 3.05) is 0 Å². The summed E-state index contributed by atoms with van der Waals surface area (Å²) in [6.07, 6.45) is 0.918. The molecule has 0 saturated heterocycles. The third kappa shape index (κ3) is 3.26. The molecule has 0 spiro atoms. The monoisotopic (exact) mass is 308 g/mol. The topological polar surface area (TPSA) is 55.0 Å². The lowest BCUT2D eigenvalue weighted by Crippen LogP contribution is -2.14. The summed E-state index contributed by atoms with van der Waals surface area (Å²) in [5.74, 6) is 1.55. The molecule has 1 heterocycles. The smallest absolute Gasteiger partial charge is 0.258 e. The number of nitrogens with one attached hydrogen (secondary N) is 1. The summed E-state index contributed by atoms with van der Waals surface area (Å²) in [6, 6.07) is 15.4. The predicted molar refractivity (Wildman–Crippen MR) is 91.8 cm³/mol. The zero-order chi connectivity index (χ0) is 16.2. The zero-order valence-corrected chi connectivity index (χ0v) is 13.4. The molecular formula is C19H20N2O2. The molecular weight excluding hydrogens is 288 g/mol. The van der Waals surface area contributed by atoms with Gasteiger partial charge < -0.3 is 9.72 Å². The molecule has 0 radical (unpaired) electrons. The Morgan fingerprint density at radius 1 is 1.13 bits per heavy atom. The SMILES string of the molecule is CCC(C)c1nc2c(OCc3ccccc3)cccc2c(=O)[nH]1. The van der Waals surface area contributed by atoms with Gasteiger partial charge in [0, 0.05) is 5.92 Å². The number of aromatic nitrogens is 2. The Hall–Kier alpha value is -2.62. The first-order chi connectivity index (χ1) is 11.2. The maximum absolute atomic E-state index is 12.3. The first-order valence-electron chi connectivity index (χ1n) is 7.88. The molecule has 0 aliphatic heterocycles. The number of aromatic amines is 1. The van der Waals surface area contributed by atoms with E-state index in [1.807, 2.05) is 42.5 Å². The van der Waals surface area contributed by atoms with Gasteiger partial charge in [0.15, 0.2) is 0 Å². The van der Waals surface area contributed by atoms with Crippen LogP contribution in [0.4, 0.5) is 0 Å². The average Bonchev–Trinajstić information content (AvgIpc) is 2.60. The zero-order valence-electron chi connectivity index (χ0n) is 13.4. The largest absolute Gasteiger partial charge is 0.487 e. The molecule has 3 aromatic rings. The Morgan fingerprint density at radius 2 is 1.91 bits per heavy atom. The standard InChI is InChI=1S/C19H20N2O2/c1-3-13(2)18-20-17-15(19(22)21-18)10-7-11-16(17)23-12-14-8-5-4-6-9-14/h4-11,13H,3,12H2,1-2H3,(H,20,21,22). The Morgan fingerprint density at radius 3 is 2.65 bits per heavy atom. The quantitative estimate of drug-likeness (QED) is 0.774. The maximum Gasteiger partial charge on any atom is 0.258 e. The number of hydrogen-bond donors (Lipinski definition) is 1. The highest BCUT2D eigenvalue weighted by molar-refractivity contribution is 5.83. The lowest BCUT2D eigenvalue weighted by molar-refractivity contribution is 0.309. The molecule has 4 nitrogen and oxygen atoms in total. The third-order valence-electron chi connectivity index (χ3n) is 4.03. The summed E-state index contributed by atoms with van der Waals surface area (Å²) < 4.78 is 5.91. The van der Waals surface area contributed by atoms with Crippen LogP contribution in [0, 0.1) is 0 Å². The molecule has 1 unspecified atom stereocenters. The van der Waals surface area contributed by atoms with Gasteiger partial charge in [0.25, 0.3) is 5.56 Å². The molecule has 2 aromatic carbocycles. The second-order valence-electron chi connectivity index (χ2n) is 5.69. The van der Waals surface area contributed by atoms with Crippen molar-refractivity contribution in [3.63, 3.8) is 0 Å². The van der Waals surface area contributed by atoms with Crippen molar-refractivity contribution in [2.24, 2.45) is 0 Å². The number of fused-ring (bicyclic) bond motifs is 1. The Kier molecular flexibility index (Phi) is 4.42. The van der Waals surface area contributed by atoms with Crippen LogP contribution in [-0.2, 0) is 6.61 Å². The van der Waals surface area contributed by atoms with E-state index in [4.69, 9.17) is 4.74 Å². The number of para-hydroxylation sites is 1. The molecule has 1 aromatic heterocycles. The van der Waals surface area contributed by atoms with Gasteiger partial charge in [0.2, 0.25) is 0 Å². The lowest BCUT2D eigenvalue weighted by Gasteiger charge is -2.12. The molecule has 0 saturated carbocycles. The van der Waals surface area contributed by atoms with Crippen LogP contribution in [0.5, 0.6) is 5.75 Å². The number of ether oxygens (including phenoxy) is 1. The van der Waals surface area contributed by atoms with Crippen molar-refractivity contribution in [1.29, 1.82) is 0 Å². The van der Waals surface area contributed by atoms with E-state index in [-0.39, 0.29) is 11.5 Å². The van der Waals surface area contributed by atoms with Gasteiger partial charge in [0.05, 0.1) is 5.39 Å². The van der Waals surface area contributed by atoms with Crippen LogP contribution < -0.4 is 10.3 Å². The number of benzene rings is 2. The van der Waals surface area contributed by atoms with Crippen molar-refractivity contribution in [2.45, 2.75) is 32.8 Å². The van der Waals surface area contributed by atoms with Crippen LogP contribution in [0.15, 0.2) is 53.3 Å². The van der Waals surface area contributed by atoms with Crippen LogP contribution in [0.2, 0.25) is 0 Å². The van der Waals surface area contributed by atoms with E-state index in [2.05, 4.69) is 23.8 Å². The fourth-order valence-corrected chi connectivity index (χ4v) is 2.43. The average molecular weight is 308 g/mol. The van der Waals surface area contributed by atoms with Crippen molar-refractivity contribution in [3.8, 4) is 5.75 Å². The first-order valence-corrected chi connectivity index (χ1v) is 7.88. The normalized spacial score (nSPS) is 12.3. The van der Waals surface area contributed by atoms with E-state index in [9.17, 15) is 4.79 Å². The second kappa shape index (κ2) is 6.65. The van der Waals surface area contributed by atoms with Crippen LogP contribution in [0.25, 0.3) is 10.9 Å². The van der Waals surface area contributed by atoms with E-state index in [0.717, 1.165) is 12.0 Å². The van der Waals surface area contributed by atoms with Gasteiger partial charge in [-0.1, -0.05) is 50.2 Å². The van der Waals surface area contributed by atoms with Gasteiger partial charge in [-0.15, -0.1) is 0 Å². The number of H-pyrrole nitrogens is 1. The van der Waals surface area contributed by atoms with Gasteiger partial charge >= 0.3 is 0 Å². The van der Waals surface area contributed by atoms with Gasteiger partial charge in [0.1, 0.15) is 23.7 Å².